The van der Waals surface area contributed by atoms with E-state index >= 15 is 0 Å². The number of carbonyl (C=O) groups is 2. The molecule has 0 heterocycles. The van der Waals surface area contributed by atoms with Gasteiger partial charge in [-0.25, -0.2) is 0 Å². The minimum atomic E-state index is -0.255. The van der Waals surface area contributed by atoms with Gasteiger partial charge in [-0.1, -0.05) is 49.1 Å². The molecule has 2 aromatic carbocycles. The molecule has 0 aromatic heterocycles. The van der Waals surface area contributed by atoms with Crippen LogP contribution in [-0.2, 0) is 4.79 Å². The van der Waals surface area contributed by atoms with Gasteiger partial charge in [0.25, 0.3) is 5.91 Å². The molecule has 2 aromatic rings. The molecule has 0 aliphatic heterocycles. The number of hydrogen-bond acceptors (Lipinski definition) is 2. The van der Waals surface area contributed by atoms with Crippen molar-refractivity contribution >= 4 is 35.2 Å². The molecule has 1 fully saturated rings. The maximum absolute atomic E-state index is 12.4. The van der Waals surface area contributed by atoms with Gasteiger partial charge >= 0.3 is 0 Å². The molecule has 4 nitrogen and oxygen atoms in total. The van der Waals surface area contributed by atoms with E-state index in [9.17, 15) is 9.59 Å². The summed E-state index contributed by atoms with van der Waals surface area (Å²) in [5.41, 5.74) is 2.03. The van der Waals surface area contributed by atoms with E-state index in [0.29, 0.717) is 16.3 Å². The third-order valence-corrected chi connectivity index (χ3v) is 4.88. The van der Waals surface area contributed by atoms with Crippen molar-refractivity contribution in [2.24, 2.45) is 0 Å². The highest BCUT2D eigenvalue weighted by molar-refractivity contribution is 6.30. The molecule has 27 heavy (non-hydrogen) atoms. The average molecular weight is 383 g/mol. The standard InChI is InChI=1S/C22H23ClN2O2/c23-18-12-9-16(10-13-18)11-14-21(26)24-20-8-4-5-17(15-20)22(27)25-19-6-2-1-3-7-19/h4-5,8-15,19H,1-3,6-7H2,(H,24,26)(H,25,27)/b14-11+. The molecule has 0 saturated heterocycles. The van der Waals surface area contributed by atoms with Crippen LogP contribution in [0.25, 0.3) is 6.08 Å². The van der Waals surface area contributed by atoms with Crippen molar-refractivity contribution < 1.29 is 9.59 Å². The number of rotatable bonds is 5. The first kappa shape index (κ1) is 19.2. The monoisotopic (exact) mass is 382 g/mol. The third kappa shape index (κ3) is 5.97. The van der Waals surface area contributed by atoms with E-state index in [1.165, 1.54) is 25.3 Å². The van der Waals surface area contributed by atoms with Gasteiger partial charge in [-0.05, 0) is 54.8 Å². The van der Waals surface area contributed by atoms with Gasteiger partial charge in [-0.2, -0.15) is 0 Å². The Labute approximate surface area is 164 Å². The first-order valence-corrected chi connectivity index (χ1v) is 9.63. The lowest BCUT2D eigenvalue weighted by molar-refractivity contribution is -0.111. The predicted molar refractivity (Wildman–Crippen MR) is 110 cm³/mol. The van der Waals surface area contributed by atoms with Crippen LogP contribution in [-0.4, -0.2) is 17.9 Å². The van der Waals surface area contributed by atoms with E-state index in [0.717, 1.165) is 18.4 Å². The number of amides is 2. The lowest BCUT2D eigenvalue weighted by atomic mass is 9.95. The fraction of sp³-hybridized carbons (Fsp3) is 0.273. The molecule has 0 atom stereocenters. The zero-order chi connectivity index (χ0) is 19.1. The van der Waals surface area contributed by atoms with Crippen LogP contribution >= 0.6 is 11.6 Å². The Morgan fingerprint density at radius 2 is 1.74 bits per heavy atom. The fourth-order valence-electron chi connectivity index (χ4n) is 3.18. The van der Waals surface area contributed by atoms with Crippen molar-refractivity contribution in [2.45, 2.75) is 38.1 Å². The summed E-state index contributed by atoms with van der Waals surface area (Å²) in [5.74, 6) is -0.343. The molecule has 0 radical (unpaired) electrons. The smallest absolute Gasteiger partial charge is 0.251 e. The molecule has 2 amide bonds. The zero-order valence-electron chi connectivity index (χ0n) is 15.1. The van der Waals surface area contributed by atoms with Crippen LogP contribution in [0, 0.1) is 0 Å². The van der Waals surface area contributed by atoms with Crippen molar-refractivity contribution in [1.29, 1.82) is 0 Å². The summed E-state index contributed by atoms with van der Waals surface area (Å²) in [7, 11) is 0. The van der Waals surface area contributed by atoms with Crippen molar-refractivity contribution in [3.8, 4) is 0 Å². The summed E-state index contributed by atoms with van der Waals surface area (Å²) in [6.07, 6.45) is 8.83. The maximum atomic E-state index is 12.4. The lowest BCUT2D eigenvalue weighted by Crippen LogP contribution is -2.36. The predicted octanol–water partition coefficient (Wildman–Crippen LogP) is 5.05. The molecule has 140 valence electrons. The van der Waals surface area contributed by atoms with Crippen LogP contribution in [0.15, 0.2) is 54.6 Å². The number of benzene rings is 2. The Hall–Kier alpha value is -2.59. The van der Waals surface area contributed by atoms with Gasteiger partial charge in [0.1, 0.15) is 0 Å². The van der Waals surface area contributed by atoms with Gasteiger partial charge in [-0.3, -0.25) is 9.59 Å². The molecular formula is C22H23ClN2O2. The summed E-state index contributed by atoms with van der Waals surface area (Å²) < 4.78 is 0. The molecule has 1 aliphatic carbocycles. The summed E-state index contributed by atoms with van der Waals surface area (Å²) in [6, 6.07) is 14.5. The molecule has 0 unspecified atom stereocenters. The number of anilines is 1. The first-order valence-electron chi connectivity index (χ1n) is 9.26. The van der Waals surface area contributed by atoms with E-state index in [-0.39, 0.29) is 17.9 Å². The number of nitrogens with one attached hydrogen (secondary N) is 2. The van der Waals surface area contributed by atoms with Crippen molar-refractivity contribution in [3.63, 3.8) is 0 Å². The van der Waals surface area contributed by atoms with Crippen LogP contribution in [0.3, 0.4) is 0 Å². The minimum absolute atomic E-state index is 0.0882. The molecule has 0 spiro atoms. The number of hydrogen-bond donors (Lipinski definition) is 2. The highest BCUT2D eigenvalue weighted by Gasteiger charge is 2.16. The van der Waals surface area contributed by atoms with E-state index in [1.54, 1.807) is 42.5 Å². The Bertz CT molecular complexity index is 824. The van der Waals surface area contributed by atoms with Crippen LogP contribution in [0.4, 0.5) is 5.69 Å². The summed E-state index contributed by atoms with van der Waals surface area (Å²) in [6.45, 7) is 0. The first-order chi connectivity index (χ1) is 13.1. The topological polar surface area (TPSA) is 58.2 Å². The Kier molecular flexibility index (Phi) is 6.66. The van der Waals surface area contributed by atoms with Crippen LogP contribution < -0.4 is 10.6 Å². The SMILES string of the molecule is O=C(/C=C/c1ccc(Cl)cc1)Nc1cccc(C(=O)NC2CCCCC2)c1. The zero-order valence-corrected chi connectivity index (χ0v) is 15.8. The number of halogens is 1. The molecular weight excluding hydrogens is 360 g/mol. The minimum Gasteiger partial charge on any atom is -0.349 e. The second-order valence-electron chi connectivity index (χ2n) is 6.76. The quantitative estimate of drug-likeness (QED) is 0.710. The molecule has 3 rings (SSSR count). The third-order valence-electron chi connectivity index (χ3n) is 4.63. The highest BCUT2D eigenvalue weighted by atomic mass is 35.5. The van der Waals surface area contributed by atoms with Crippen LogP contribution in [0.2, 0.25) is 5.02 Å². The molecule has 1 saturated carbocycles. The Morgan fingerprint density at radius 1 is 1.00 bits per heavy atom. The van der Waals surface area contributed by atoms with E-state index in [4.69, 9.17) is 11.6 Å². The normalized spacial score (nSPS) is 14.9. The molecule has 2 N–H and O–H groups in total. The summed E-state index contributed by atoms with van der Waals surface area (Å²) >= 11 is 5.85. The van der Waals surface area contributed by atoms with Crippen molar-refractivity contribution in [2.75, 3.05) is 5.32 Å². The number of carbonyl (C=O) groups excluding carboxylic acids is 2. The van der Waals surface area contributed by atoms with Gasteiger partial charge in [0.05, 0.1) is 0 Å². The van der Waals surface area contributed by atoms with Gasteiger partial charge < -0.3 is 10.6 Å². The fourth-order valence-corrected chi connectivity index (χ4v) is 3.31. The van der Waals surface area contributed by atoms with Crippen LogP contribution in [0.5, 0.6) is 0 Å². The van der Waals surface area contributed by atoms with Crippen LogP contribution in [0.1, 0.15) is 48.0 Å². The summed E-state index contributed by atoms with van der Waals surface area (Å²) in [4.78, 5) is 24.6. The molecule has 0 bridgehead atoms. The molecule has 5 heteroatoms. The average Bonchev–Trinajstić information content (AvgIpc) is 2.68. The van der Waals surface area contributed by atoms with Gasteiger partial charge in [0, 0.05) is 28.4 Å². The van der Waals surface area contributed by atoms with Gasteiger partial charge in [-0.15, -0.1) is 0 Å². The lowest BCUT2D eigenvalue weighted by Gasteiger charge is -2.22. The van der Waals surface area contributed by atoms with Crippen molar-refractivity contribution in [3.05, 3.63) is 70.8 Å². The second kappa shape index (κ2) is 9.38. The van der Waals surface area contributed by atoms with Gasteiger partial charge in [0.2, 0.25) is 5.91 Å². The highest BCUT2D eigenvalue weighted by Crippen LogP contribution is 2.18. The maximum Gasteiger partial charge on any atom is 0.251 e. The summed E-state index contributed by atoms with van der Waals surface area (Å²) in [5, 5.41) is 6.53. The van der Waals surface area contributed by atoms with E-state index in [1.807, 2.05) is 12.1 Å². The Balaban J connectivity index is 1.58. The van der Waals surface area contributed by atoms with Crippen molar-refractivity contribution in [1.82, 2.24) is 5.32 Å². The largest absolute Gasteiger partial charge is 0.349 e. The van der Waals surface area contributed by atoms with Gasteiger partial charge in [0.15, 0.2) is 0 Å². The second-order valence-corrected chi connectivity index (χ2v) is 7.20. The van der Waals surface area contributed by atoms with E-state index < -0.39 is 0 Å². The molecule has 1 aliphatic rings. The van der Waals surface area contributed by atoms with E-state index in [2.05, 4.69) is 10.6 Å². The Morgan fingerprint density at radius 3 is 2.48 bits per heavy atom.